The second-order valence-corrected chi connectivity index (χ2v) is 4.92. The van der Waals surface area contributed by atoms with E-state index in [0.29, 0.717) is 10.8 Å². The molecule has 0 amide bonds. The number of nitrogens with zero attached hydrogens (tertiary/aromatic N) is 2. The van der Waals surface area contributed by atoms with E-state index in [1.54, 1.807) is 24.5 Å². The molecule has 1 atom stereocenters. The van der Waals surface area contributed by atoms with Crippen molar-refractivity contribution in [3.05, 3.63) is 47.5 Å². The van der Waals surface area contributed by atoms with Crippen LogP contribution < -0.4 is 10.1 Å². The van der Waals surface area contributed by atoms with Crippen molar-refractivity contribution in [3.63, 3.8) is 0 Å². The molecule has 1 saturated heterocycles. The molecule has 1 aliphatic rings. The average Bonchev–Trinajstić information content (AvgIpc) is 2.96. The van der Waals surface area contributed by atoms with E-state index in [9.17, 15) is 0 Å². The number of rotatable bonds is 3. The van der Waals surface area contributed by atoms with Crippen LogP contribution >= 0.6 is 11.6 Å². The third kappa shape index (κ3) is 3.03. The van der Waals surface area contributed by atoms with Crippen LogP contribution in [0.25, 0.3) is 0 Å². The first-order valence-electron chi connectivity index (χ1n) is 6.30. The maximum Gasteiger partial charge on any atom is 0.164 e. The molecule has 2 heterocycles. The zero-order valence-electron chi connectivity index (χ0n) is 10.3. The van der Waals surface area contributed by atoms with E-state index in [1.165, 1.54) is 6.42 Å². The number of hydrogen-bond acceptors (Lipinski definition) is 4. The minimum absolute atomic E-state index is 0.282. The molecule has 19 heavy (non-hydrogen) atoms. The monoisotopic (exact) mass is 275 g/mol. The Morgan fingerprint density at radius 1 is 1.11 bits per heavy atom. The molecule has 1 aromatic carbocycles. The zero-order valence-corrected chi connectivity index (χ0v) is 11.1. The fraction of sp³-hybridized carbons (Fsp3) is 0.286. The van der Waals surface area contributed by atoms with Crippen molar-refractivity contribution in [2.45, 2.75) is 18.9 Å². The lowest BCUT2D eigenvalue weighted by atomic mass is 10.2. The zero-order chi connectivity index (χ0) is 13.1. The van der Waals surface area contributed by atoms with E-state index in [1.807, 2.05) is 12.1 Å². The number of hydrogen-bond donors (Lipinski definition) is 1. The van der Waals surface area contributed by atoms with Gasteiger partial charge in [-0.25, -0.2) is 9.97 Å². The molecule has 1 aromatic heterocycles. The van der Waals surface area contributed by atoms with Crippen LogP contribution in [-0.2, 0) is 0 Å². The van der Waals surface area contributed by atoms with Crippen LogP contribution in [0.4, 0.5) is 0 Å². The van der Waals surface area contributed by atoms with E-state index in [-0.39, 0.29) is 6.04 Å². The number of ether oxygens (including phenoxy) is 1. The minimum Gasteiger partial charge on any atom is -0.454 e. The number of aromatic nitrogens is 2. The molecule has 1 aliphatic heterocycles. The lowest BCUT2D eigenvalue weighted by Gasteiger charge is -2.09. The maximum atomic E-state index is 5.82. The number of nitrogens with one attached hydrogen (secondary N) is 1. The summed E-state index contributed by atoms with van der Waals surface area (Å²) in [7, 11) is 0. The summed E-state index contributed by atoms with van der Waals surface area (Å²) >= 11 is 5.82. The first-order valence-corrected chi connectivity index (χ1v) is 6.68. The van der Waals surface area contributed by atoms with Crippen molar-refractivity contribution in [1.29, 1.82) is 0 Å². The molecule has 0 spiro atoms. The Bertz CT molecular complexity index is 536. The van der Waals surface area contributed by atoms with Crippen LogP contribution in [0.3, 0.4) is 0 Å². The van der Waals surface area contributed by atoms with Gasteiger partial charge < -0.3 is 10.1 Å². The molecule has 1 unspecified atom stereocenters. The predicted octanol–water partition coefficient (Wildman–Crippen LogP) is 3.35. The molecule has 1 fully saturated rings. The lowest BCUT2D eigenvalue weighted by molar-refractivity contribution is 0.473. The highest BCUT2D eigenvalue weighted by atomic mass is 35.5. The van der Waals surface area contributed by atoms with Gasteiger partial charge in [-0.1, -0.05) is 11.6 Å². The minimum atomic E-state index is 0.282. The van der Waals surface area contributed by atoms with E-state index < -0.39 is 0 Å². The number of halogens is 1. The first-order chi connectivity index (χ1) is 9.31. The summed E-state index contributed by atoms with van der Waals surface area (Å²) in [5, 5.41) is 4.05. The highest BCUT2D eigenvalue weighted by Gasteiger charge is 2.18. The highest BCUT2D eigenvalue weighted by Crippen LogP contribution is 2.24. The second-order valence-electron chi connectivity index (χ2n) is 4.48. The largest absolute Gasteiger partial charge is 0.454 e. The number of benzene rings is 1. The van der Waals surface area contributed by atoms with Crippen LogP contribution in [0.15, 0.2) is 36.7 Å². The summed E-state index contributed by atoms with van der Waals surface area (Å²) in [5.41, 5.74) is 0. The normalized spacial score (nSPS) is 18.5. The summed E-state index contributed by atoms with van der Waals surface area (Å²) in [6.07, 6.45) is 5.68. The Morgan fingerprint density at radius 3 is 2.47 bits per heavy atom. The van der Waals surface area contributed by atoms with Gasteiger partial charge in [0.25, 0.3) is 0 Å². The van der Waals surface area contributed by atoms with Gasteiger partial charge >= 0.3 is 0 Å². The van der Waals surface area contributed by atoms with Gasteiger partial charge in [0, 0.05) is 5.02 Å². The third-order valence-electron chi connectivity index (χ3n) is 3.07. The van der Waals surface area contributed by atoms with Crippen molar-refractivity contribution in [1.82, 2.24) is 15.3 Å². The fourth-order valence-corrected chi connectivity index (χ4v) is 2.23. The summed E-state index contributed by atoms with van der Waals surface area (Å²) < 4.78 is 5.65. The highest BCUT2D eigenvalue weighted by molar-refractivity contribution is 6.30. The van der Waals surface area contributed by atoms with Gasteiger partial charge in [-0.05, 0) is 43.7 Å². The SMILES string of the molecule is Clc1ccc(Oc2cnc(C3CCCN3)nc2)cc1. The molecular weight excluding hydrogens is 262 g/mol. The van der Waals surface area contributed by atoms with Crippen molar-refractivity contribution < 1.29 is 4.74 Å². The Hall–Kier alpha value is -1.65. The van der Waals surface area contributed by atoms with Crippen LogP contribution in [-0.4, -0.2) is 16.5 Å². The quantitative estimate of drug-likeness (QED) is 0.933. The standard InChI is InChI=1S/C14H14ClN3O/c15-10-3-5-11(6-4-10)19-12-8-17-14(18-9-12)13-2-1-7-16-13/h3-6,8-9,13,16H,1-2,7H2. The van der Waals surface area contributed by atoms with Crippen molar-refractivity contribution >= 4 is 11.6 Å². The van der Waals surface area contributed by atoms with E-state index >= 15 is 0 Å². The molecule has 2 aromatic rings. The predicted molar refractivity (Wildman–Crippen MR) is 73.5 cm³/mol. The van der Waals surface area contributed by atoms with Crippen LogP contribution in [0.2, 0.25) is 5.02 Å². The van der Waals surface area contributed by atoms with Crippen molar-refractivity contribution in [2.24, 2.45) is 0 Å². The van der Waals surface area contributed by atoms with Gasteiger partial charge in [-0.3, -0.25) is 0 Å². The molecule has 0 radical (unpaired) electrons. The fourth-order valence-electron chi connectivity index (χ4n) is 2.10. The van der Waals surface area contributed by atoms with E-state index in [4.69, 9.17) is 16.3 Å². The van der Waals surface area contributed by atoms with Crippen molar-refractivity contribution in [3.8, 4) is 11.5 Å². The van der Waals surface area contributed by atoms with Crippen LogP contribution in [0.1, 0.15) is 24.7 Å². The molecular formula is C14H14ClN3O. The first kappa shape index (κ1) is 12.4. The molecule has 3 rings (SSSR count). The smallest absolute Gasteiger partial charge is 0.164 e. The van der Waals surface area contributed by atoms with Gasteiger partial charge in [0.1, 0.15) is 11.6 Å². The summed E-state index contributed by atoms with van der Waals surface area (Å²) in [4.78, 5) is 8.70. The van der Waals surface area contributed by atoms with Crippen LogP contribution in [0.5, 0.6) is 11.5 Å². The Balaban J connectivity index is 1.70. The Morgan fingerprint density at radius 2 is 1.84 bits per heavy atom. The lowest BCUT2D eigenvalue weighted by Crippen LogP contribution is -2.15. The third-order valence-corrected chi connectivity index (χ3v) is 3.32. The van der Waals surface area contributed by atoms with E-state index in [2.05, 4.69) is 15.3 Å². The molecule has 0 aliphatic carbocycles. The van der Waals surface area contributed by atoms with Crippen molar-refractivity contribution in [2.75, 3.05) is 6.54 Å². The summed E-state index contributed by atoms with van der Waals surface area (Å²) in [6.45, 7) is 1.04. The van der Waals surface area contributed by atoms with Crippen LogP contribution in [0, 0.1) is 0 Å². The van der Waals surface area contributed by atoms with E-state index in [0.717, 1.165) is 24.5 Å². The topological polar surface area (TPSA) is 47.0 Å². The van der Waals surface area contributed by atoms with Gasteiger partial charge in [0.05, 0.1) is 18.4 Å². The molecule has 4 nitrogen and oxygen atoms in total. The Labute approximate surface area is 116 Å². The molecule has 0 saturated carbocycles. The van der Waals surface area contributed by atoms with Gasteiger partial charge in [-0.2, -0.15) is 0 Å². The average molecular weight is 276 g/mol. The molecule has 1 N–H and O–H groups in total. The maximum absolute atomic E-state index is 5.82. The summed E-state index contributed by atoms with van der Waals surface area (Å²) in [6, 6.07) is 7.48. The van der Waals surface area contributed by atoms with Gasteiger partial charge in [0.2, 0.25) is 0 Å². The van der Waals surface area contributed by atoms with Gasteiger partial charge in [0.15, 0.2) is 5.75 Å². The second kappa shape index (κ2) is 5.55. The summed E-state index contributed by atoms with van der Waals surface area (Å²) in [5.74, 6) is 2.18. The molecule has 98 valence electrons. The molecule has 0 bridgehead atoms. The molecule has 5 heteroatoms. The van der Waals surface area contributed by atoms with Gasteiger partial charge in [-0.15, -0.1) is 0 Å². The Kier molecular flexibility index (Phi) is 3.62.